The van der Waals surface area contributed by atoms with Crippen LogP contribution in [0.3, 0.4) is 0 Å². The first-order valence-electron chi connectivity index (χ1n) is 10.7. The molecular weight excluding hydrogens is 449 g/mol. The van der Waals surface area contributed by atoms with Crippen LogP contribution in [0.4, 0.5) is 10.5 Å². The Kier molecular flexibility index (Phi) is 8.65. The molecule has 0 unspecified atom stereocenters. The van der Waals surface area contributed by atoms with Gasteiger partial charge < -0.3 is 17.1 Å². The number of hydrogen-bond acceptors (Lipinski definition) is 2. The number of anilines is 1. The van der Waals surface area contributed by atoms with Crippen molar-refractivity contribution >= 4 is 35.0 Å². The molecule has 0 heterocycles. The monoisotopic (exact) mass is 475 g/mol. The van der Waals surface area contributed by atoms with E-state index in [0.717, 1.165) is 17.4 Å². The summed E-state index contributed by atoms with van der Waals surface area (Å²) < 4.78 is 5.70. The lowest BCUT2D eigenvalue weighted by Gasteiger charge is -2.27. The van der Waals surface area contributed by atoms with Crippen molar-refractivity contribution in [1.82, 2.24) is 0 Å². The van der Waals surface area contributed by atoms with Gasteiger partial charge in [0.1, 0.15) is 35.9 Å². The number of rotatable bonds is 7. The van der Waals surface area contributed by atoms with Crippen molar-refractivity contribution in [1.29, 1.82) is 0 Å². The first kappa shape index (κ1) is 24.5. The third kappa shape index (κ3) is 5.63. The highest BCUT2D eigenvalue weighted by Gasteiger charge is 2.45. The van der Waals surface area contributed by atoms with E-state index in [0.29, 0.717) is 6.61 Å². The maximum atomic E-state index is 12.5. The molecule has 5 heteroatoms. The predicted octanol–water partition coefficient (Wildman–Crippen LogP) is 2.54. The highest BCUT2D eigenvalue weighted by Crippen LogP contribution is 2.54. The highest BCUT2D eigenvalue weighted by atomic mass is 35.5. The highest BCUT2D eigenvalue weighted by molar-refractivity contribution is 7.95. The minimum absolute atomic E-state index is 0. The molecule has 0 bridgehead atoms. The molecular formula is C28H27ClNO2P. The molecule has 0 spiro atoms. The van der Waals surface area contributed by atoms with Crippen molar-refractivity contribution in [3.63, 3.8) is 0 Å². The Balaban J connectivity index is 0.00000306. The summed E-state index contributed by atoms with van der Waals surface area (Å²) in [4.78, 5) is 12.5. The molecule has 4 rings (SSSR count). The Morgan fingerprint density at radius 2 is 1.12 bits per heavy atom. The summed E-state index contributed by atoms with van der Waals surface area (Å²) in [5.41, 5.74) is 1.77. The van der Waals surface area contributed by atoms with E-state index < -0.39 is 13.4 Å². The molecule has 0 saturated heterocycles. The molecule has 0 atom stereocenters. The molecule has 4 aromatic rings. The molecule has 0 saturated carbocycles. The van der Waals surface area contributed by atoms with Gasteiger partial charge in [0.05, 0.1) is 0 Å². The van der Waals surface area contributed by atoms with Crippen molar-refractivity contribution in [3.05, 3.63) is 121 Å². The van der Waals surface area contributed by atoms with E-state index in [4.69, 9.17) is 4.74 Å². The van der Waals surface area contributed by atoms with Gasteiger partial charge in [-0.25, -0.2) is 4.79 Å². The lowest BCUT2D eigenvalue weighted by Crippen LogP contribution is -3.00. The third-order valence-corrected chi connectivity index (χ3v) is 10.0. The molecule has 168 valence electrons. The standard InChI is InChI=1S/C28H26NO2P.ClH/c1-23-13-11-12-20-27(23)29-28(30)31-21-22-32(24-14-5-2-6-15-24,25-16-7-3-8-17-25)26-18-9-4-10-19-26;/h2-20H,21-22H2,1H3;1H. The minimum Gasteiger partial charge on any atom is -1.00 e. The summed E-state index contributed by atoms with van der Waals surface area (Å²) in [6, 6.07) is 39.5. The molecule has 33 heavy (non-hydrogen) atoms. The Hall–Kier alpha value is -3.13. The fourth-order valence-corrected chi connectivity index (χ4v) is 8.09. The molecule has 0 aliphatic rings. The summed E-state index contributed by atoms with van der Waals surface area (Å²) in [7, 11) is -2.01. The van der Waals surface area contributed by atoms with Crippen LogP contribution < -0.4 is 33.6 Å². The second kappa shape index (κ2) is 11.7. The number of aryl methyl sites for hydroxylation is 1. The zero-order valence-corrected chi connectivity index (χ0v) is 20.2. The number of ether oxygens (including phenoxy) is 1. The van der Waals surface area contributed by atoms with Gasteiger partial charge in [-0.15, -0.1) is 0 Å². The van der Waals surface area contributed by atoms with E-state index in [2.05, 4.69) is 78.1 Å². The maximum Gasteiger partial charge on any atom is 0.411 e. The van der Waals surface area contributed by atoms with Crippen LogP contribution in [0.15, 0.2) is 115 Å². The fourth-order valence-electron chi connectivity index (χ4n) is 4.02. The molecule has 0 aromatic heterocycles. The van der Waals surface area contributed by atoms with Crippen molar-refractivity contribution in [3.8, 4) is 0 Å². The van der Waals surface area contributed by atoms with Crippen LogP contribution in [0.5, 0.6) is 0 Å². The molecule has 0 aliphatic carbocycles. The molecule has 4 aromatic carbocycles. The van der Waals surface area contributed by atoms with Gasteiger partial charge in [-0.05, 0) is 55.0 Å². The van der Waals surface area contributed by atoms with Crippen LogP contribution in [0.1, 0.15) is 5.56 Å². The second-order valence-electron chi connectivity index (χ2n) is 7.62. The number of halogens is 1. The number of carbonyl (C=O) groups excluding carboxylic acids is 1. The van der Waals surface area contributed by atoms with Crippen LogP contribution in [0, 0.1) is 6.92 Å². The Bertz CT molecular complexity index is 1060. The zero-order valence-electron chi connectivity index (χ0n) is 18.5. The van der Waals surface area contributed by atoms with Gasteiger partial charge in [-0.2, -0.15) is 0 Å². The summed E-state index contributed by atoms with van der Waals surface area (Å²) in [5, 5.41) is 6.70. The number of hydrogen-bond donors (Lipinski definition) is 1. The van der Waals surface area contributed by atoms with Crippen molar-refractivity contribution in [2.45, 2.75) is 6.92 Å². The second-order valence-corrected chi connectivity index (χ2v) is 11.2. The minimum atomic E-state index is -2.01. The first-order chi connectivity index (χ1) is 15.7. The van der Waals surface area contributed by atoms with Crippen LogP contribution in [-0.2, 0) is 4.74 Å². The Morgan fingerprint density at radius 3 is 1.58 bits per heavy atom. The number of nitrogens with one attached hydrogen (secondary N) is 1. The number of carbonyl (C=O) groups is 1. The van der Waals surface area contributed by atoms with Crippen molar-refractivity contribution < 1.29 is 21.9 Å². The topological polar surface area (TPSA) is 38.3 Å². The van der Waals surface area contributed by atoms with Gasteiger partial charge in [0.25, 0.3) is 0 Å². The molecule has 1 amide bonds. The average Bonchev–Trinajstić information content (AvgIpc) is 2.85. The third-order valence-electron chi connectivity index (χ3n) is 5.63. The summed E-state index contributed by atoms with van der Waals surface area (Å²) in [6.45, 7) is 2.29. The van der Waals surface area contributed by atoms with Crippen LogP contribution in [0.25, 0.3) is 0 Å². The predicted molar refractivity (Wildman–Crippen MR) is 136 cm³/mol. The normalized spacial score (nSPS) is 10.7. The molecule has 0 fully saturated rings. The summed E-state index contributed by atoms with van der Waals surface area (Å²) in [6.07, 6.45) is 0.304. The Morgan fingerprint density at radius 1 is 0.697 bits per heavy atom. The maximum absolute atomic E-state index is 12.5. The van der Waals surface area contributed by atoms with Gasteiger partial charge in [0.15, 0.2) is 0 Å². The van der Waals surface area contributed by atoms with Crippen LogP contribution >= 0.6 is 7.26 Å². The summed E-state index contributed by atoms with van der Waals surface area (Å²) >= 11 is 0. The number of amides is 1. The van der Waals surface area contributed by atoms with E-state index >= 15 is 0 Å². The van der Waals surface area contributed by atoms with Gasteiger partial charge in [-0.1, -0.05) is 72.8 Å². The smallest absolute Gasteiger partial charge is 0.411 e. The Labute approximate surface area is 202 Å². The average molecular weight is 476 g/mol. The molecule has 1 N–H and O–H groups in total. The zero-order chi connectivity index (χ0) is 22.2. The van der Waals surface area contributed by atoms with Crippen molar-refractivity contribution in [2.75, 3.05) is 18.1 Å². The largest absolute Gasteiger partial charge is 1.00 e. The molecule has 0 radical (unpaired) electrons. The van der Waals surface area contributed by atoms with E-state index in [1.54, 1.807) is 0 Å². The van der Waals surface area contributed by atoms with E-state index in [1.165, 1.54) is 15.9 Å². The fraction of sp³-hybridized carbons (Fsp3) is 0.107. The summed E-state index contributed by atoms with van der Waals surface area (Å²) in [5.74, 6) is 0. The van der Waals surface area contributed by atoms with Crippen LogP contribution in [-0.4, -0.2) is 18.9 Å². The lowest BCUT2D eigenvalue weighted by atomic mass is 10.2. The van der Waals surface area contributed by atoms with Crippen LogP contribution in [0.2, 0.25) is 0 Å². The van der Waals surface area contributed by atoms with Gasteiger partial charge in [-0.3, -0.25) is 5.32 Å². The lowest BCUT2D eigenvalue weighted by molar-refractivity contribution is -0.0000117. The van der Waals surface area contributed by atoms with Gasteiger partial charge >= 0.3 is 6.09 Å². The van der Waals surface area contributed by atoms with Gasteiger partial charge in [0, 0.05) is 5.69 Å². The number of benzene rings is 4. The van der Waals surface area contributed by atoms with Gasteiger partial charge in [0.2, 0.25) is 0 Å². The molecule has 3 nitrogen and oxygen atoms in total. The van der Waals surface area contributed by atoms with E-state index in [9.17, 15) is 4.79 Å². The molecule has 0 aliphatic heterocycles. The first-order valence-corrected chi connectivity index (χ1v) is 12.7. The SMILES string of the molecule is Cc1ccccc1NC(=O)OCC[P+](c1ccccc1)(c1ccccc1)c1ccccc1.[Cl-]. The van der Waals surface area contributed by atoms with Crippen molar-refractivity contribution in [2.24, 2.45) is 0 Å². The van der Waals surface area contributed by atoms with E-state index in [1.807, 2.05) is 49.4 Å². The quantitative estimate of drug-likeness (QED) is 0.417. The van der Waals surface area contributed by atoms with E-state index in [-0.39, 0.29) is 12.4 Å². The number of para-hydroxylation sites is 1.